The van der Waals surface area contributed by atoms with Crippen LogP contribution in [0.15, 0.2) is 16.9 Å². The van der Waals surface area contributed by atoms with E-state index >= 15 is 0 Å². The molecular weight excluding hydrogens is 342 g/mol. The Morgan fingerprint density at radius 1 is 1.38 bits per heavy atom. The highest BCUT2D eigenvalue weighted by Crippen LogP contribution is 2.34. The van der Waals surface area contributed by atoms with Gasteiger partial charge in [-0.3, -0.25) is 19.9 Å². The molecule has 0 aliphatic heterocycles. The summed E-state index contributed by atoms with van der Waals surface area (Å²) in [7, 11) is 0. The van der Waals surface area contributed by atoms with Crippen molar-refractivity contribution in [2.75, 3.05) is 5.32 Å². The molecule has 2 unspecified atom stereocenters. The topological polar surface area (TPSA) is 105 Å². The molecule has 0 saturated heterocycles. The second kappa shape index (κ2) is 6.84. The normalized spacial score (nSPS) is 22.3. The molecule has 0 aromatic carbocycles. The van der Waals surface area contributed by atoms with Crippen LogP contribution < -0.4 is 5.32 Å². The number of hydrogen-bond donors (Lipinski definition) is 2. The minimum Gasteiger partial charge on any atom is -0.481 e. The van der Waals surface area contributed by atoms with Gasteiger partial charge in [-0.1, -0.05) is 19.3 Å². The third-order valence-corrected chi connectivity index (χ3v) is 4.34. The van der Waals surface area contributed by atoms with Crippen LogP contribution in [-0.2, 0) is 4.79 Å². The van der Waals surface area contributed by atoms with E-state index in [2.05, 4.69) is 26.2 Å². The predicted octanol–water partition coefficient (Wildman–Crippen LogP) is 3.20. The highest BCUT2D eigenvalue weighted by Gasteiger charge is 2.31. The number of pyridine rings is 1. The molecule has 1 aromatic rings. The molecule has 1 aliphatic rings. The number of carboxylic acids is 1. The number of nitrogens with one attached hydrogen (secondary N) is 1. The van der Waals surface area contributed by atoms with Crippen LogP contribution >= 0.6 is 15.9 Å². The van der Waals surface area contributed by atoms with Crippen molar-refractivity contribution in [1.29, 1.82) is 0 Å². The SMILES string of the molecule is O=C(O)C1CCCCCC1Nc1c(Br)cncc1[N+](=O)[O-]. The van der Waals surface area contributed by atoms with E-state index in [1.807, 2.05) is 0 Å². The summed E-state index contributed by atoms with van der Waals surface area (Å²) in [6.45, 7) is 0. The Balaban J connectivity index is 2.30. The van der Waals surface area contributed by atoms with E-state index in [-0.39, 0.29) is 11.7 Å². The summed E-state index contributed by atoms with van der Waals surface area (Å²) >= 11 is 3.24. The van der Waals surface area contributed by atoms with Crippen molar-refractivity contribution in [1.82, 2.24) is 4.98 Å². The van der Waals surface area contributed by atoms with Crippen LogP contribution in [0.3, 0.4) is 0 Å². The van der Waals surface area contributed by atoms with Gasteiger partial charge in [0, 0.05) is 12.2 Å². The number of rotatable bonds is 4. The minimum absolute atomic E-state index is 0.155. The quantitative estimate of drug-likeness (QED) is 0.486. The predicted molar refractivity (Wildman–Crippen MR) is 80.2 cm³/mol. The number of nitro groups is 1. The van der Waals surface area contributed by atoms with Crippen molar-refractivity contribution >= 4 is 33.3 Å². The van der Waals surface area contributed by atoms with E-state index < -0.39 is 16.8 Å². The highest BCUT2D eigenvalue weighted by molar-refractivity contribution is 9.10. The Morgan fingerprint density at radius 3 is 2.76 bits per heavy atom. The number of carbonyl (C=O) groups is 1. The molecule has 2 rings (SSSR count). The molecule has 0 amide bonds. The van der Waals surface area contributed by atoms with Crippen molar-refractivity contribution in [3.05, 3.63) is 27.0 Å². The van der Waals surface area contributed by atoms with Crippen molar-refractivity contribution in [3.63, 3.8) is 0 Å². The number of halogens is 1. The van der Waals surface area contributed by atoms with Crippen molar-refractivity contribution < 1.29 is 14.8 Å². The standard InChI is InChI=1S/C13H16BrN3O4/c14-9-6-15-7-11(17(20)21)12(9)16-10-5-3-1-2-4-8(10)13(18)19/h6-8,10H,1-5H2,(H,15,16)(H,18,19). The smallest absolute Gasteiger partial charge is 0.311 e. The maximum absolute atomic E-state index is 11.4. The van der Waals surface area contributed by atoms with Crippen LogP contribution in [0.25, 0.3) is 0 Å². The second-order valence-electron chi connectivity index (χ2n) is 5.11. The molecule has 0 bridgehead atoms. The van der Waals surface area contributed by atoms with Gasteiger partial charge in [0.25, 0.3) is 0 Å². The molecule has 1 aromatic heterocycles. The van der Waals surface area contributed by atoms with E-state index in [9.17, 15) is 20.0 Å². The lowest BCUT2D eigenvalue weighted by atomic mass is 9.94. The maximum atomic E-state index is 11.4. The second-order valence-corrected chi connectivity index (χ2v) is 5.96. The Kier molecular flexibility index (Phi) is 5.11. The van der Waals surface area contributed by atoms with Gasteiger partial charge in [0.2, 0.25) is 0 Å². The Morgan fingerprint density at radius 2 is 2.10 bits per heavy atom. The van der Waals surface area contributed by atoms with Gasteiger partial charge < -0.3 is 10.4 Å². The van der Waals surface area contributed by atoms with Crippen LogP contribution in [0, 0.1) is 16.0 Å². The third-order valence-electron chi connectivity index (χ3n) is 3.74. The monoisotopic (exact) mass is 357 g/mol. The minimum atomic E-state index is -0.859. The summed E-state index contributed by atoms with van der Waals surface area (Å²) < 4.78 is 0.463. The molecule has 1 fully saturated rings. The molecule has 2 N–H and O–H groups in total. The summed E-state index contributed by atoms with van der Waals surface area (Å²) in [5, 5.41) is 23.5. The lowest BCUT2D eigenvalue weighted by Crippen LogP contribution is -2.34. The fraction of sp³-hybridized carbons (Fsp3) is 0.538. The molecule has 1 saturated carbocycles. The van der Waals surface area contributed by atoms with Gasteiger partial charge in [-0.15, -0.1) is 0 Å². The molecule has 8 heteroatoms. The van der Waals surface area contributed by atoms with E-state index in [0.717, 1.165) is 19.3 Å². The number of aromatic nitrogens is 1. The molecule has 1 heterocycles. The molecule has 114 valence electrons. The average molecular weight is 358 g/mol. The van der Waals surface area contributed by atoms with Crippen LogP contribution in [0.1, 0.15) is 32.1 Å². The van der Waals surface area contributed by atoms with Gasteiger partial charge in [-0.25, -0.2) is 0 Å². The van der Waals surface area contributed by atoms with E-state index in [0.29, 0.717) is 23.0 Å². The Hall–Kier alpha value is -1.70. The van der Waals surface area contributed by atoms with Crippen molar-refractivity contribution in [3.8, 4) is 0 Å². The van der Waals surface area contributed by atoms with E-state index in [1.54, 1.807) is 0 Å². The van der Waals surface area contributed by atoms with Gasteiger partial charge in [0.05, 0.1) is 15.3 Å². The van der Waals surface area contributed by atoms with Crippen molar-refractivity contribution in [2.24, 2.45) is 5.92 Å². The average Bonchev–Trinajstić information content (AvgIpc) is 2.66. The lowest BCUT2D eigenvalue weighted by molar-refractivity contribution is -0.384. The summed E-state index contributed by atoms with van der Waals surface area (Å²) in [4.78, 5) is 25.8. The van der Waals surface area contributed by atoms with Gasteiger partial charge >= 0.3 is 11.7 Å². The first-order valence-corrected chi connectivity index (χ1v) is 7.57. The third kappa shape index (κ3) is 3.69. The molecule has 2 atom stereocenters. The zero-order valence-electron chi connectivity index (χ0n) is 11.3. The van der Waals surface area contributed by atoms with Crippen LogP contribution in [-0.4, -0.2) is 27.0 Å². The van der Waals surface area contributed by atoms with Gasteiger partial charge in [0.15, 0.2) is 0 Å². The first kappa shape index (κ1) is 15.7. The summed E-state index contributed by atoms with van der Waals surface area (Å²) in [6.07, 6.45) is 6.67. The molecule has 7 nitrogen and oxygen atoms in total. The molecule has 1 aliphatic carbocycles. The lowest BCUT2D eigenvalue weighted by Gasteiger charge is -2.24. The zero-order chi connectivity index (χ0) is 15.4. The first-order valence-electron chi connectivity index (χ1n) is 6.78. The maximum Gasteiger partial charge on any atom is 0.311 e. The molecule has 21 heavy (non-hydrogen) atoms. The number of anilines is 1. The van der Waals surface area contributed by atoms with Crippen LogP contribution in [0.4, 0.5) is 11.4 Å². The summed E-state index contributed by atoms with van der Waals surface area (Å²) in [6, 6.07) is -0.317. The molecular formula is C13H16BrN3O4. The fourth-order valence-corrected chi connectivity index (χ4v) is 3.10. The largest absolute Gasteiger partial charge is 0.481 e. The molecule has 0 spiro atoms. The number of aliphatic carboxylic acids is 1. The Labute approximate surface area is 130 Å². The van der Waals surface area contributed by atoms with E-state index in [4.69, 9.17) is 0 Å². The number of carboxylic acid groups (broad SMARTS) is 1. The summed E-state index contributed by atoms with van der Waals surface area (Å²) in [5.74, 6) is -1.39. The van der Waals surface area contributed by atoms with E-state index in [1.165, 1.54) is 12.4 Å². The fourth-order valence-electron chi connectivity index (χ4n) is 2.67. The van der Waals surface area contributed by atoms with Crippen LogP contribution in [0.5, 0.6) is 0 Å². The molecule has 0 radical (unpaired) electrons. The van der Waals surface area contributed by atoms with Crippen molar-refractivity contribution in [2.45, 2.75) is 38.1 Å². The Bertz CT molecular complexity index is 552. The first-order chi connectivity index (χ1) is 10.0. The summed E-state index contributed by atoms with van der Waals surface area (Å²) in [5.41, 5.74) is 0.144. The van der Waals surface area contributed by atoms with Gasteiger partial charge in [-0.2, -0.15) is 0 Å². The van der Waals surface area contributed by atoms with Crippen LogP contribution in [0.2, 0.25) is 0 Å². The van der Waals surface area contributed by atoms with Gasteiger partial charge in [0.1, 0.15) is 11.9 Å². The zero-order valence-corrected chi connectivity index (χ0v) is 12.9. The highest BCUT2D eigenvalue weighted by atomic mass is 79.9. The number of hydrogen-bond acceptors (Lipinski definition) is 5. The number of nitrogens with zero attached hydrogens (tertiary/aromatic N) is 2. The van der Waals surface area contributed by atoms with Gasteiger partial charge in [-0.05, 0) is 28.8 Å².